The summed E-state index contributed by atoms with van der Waals surface area (Å²) in [6.07, 6.45) is 1.99. The molecule has 0 aliphatic rings. The van der Waals surface area contributed by atoms with E-state index in [0.29, 0.717) is 23.2 Å². The summed E-state index contributed by atoms with van der Waals surface area (Å²) in [4.78, 5) is 43.6. The number of fused-ring (bicyclic) bond motifs is 1. The zero-order chi connectivity index (χ0) is 21.3. The van der Waals surface area contributed by atoms with Crippen LogP contribution >= 0.6 is 11.3 Å². The summed E-state index contributed by atoms with van der Waals surface area (Å²) in [5.41, 5.74) is 3.63. The normalized spacial score (nSPS) is 11.0. The molecular formula is C21H19N5O3S. The number of aromatic nitrogens is 4. The molecule has 8 nitrogen and oxygen atoms in total. The van der Waals surface area contributed by atoms with E-state index in [-0.39, 0.29) is 16.8 Å². The summed E-state index contributed by atoms with van der Waals surface area (Å²) in [6.45, 7) is 4.26. The van der Waals surface area contributed by atoms with Gasteiger partial charge < -0.3 is 0 Å². The largest absolute Gasteiger partial charge is 0.290 e. The molecule has 0 atom stereocenters. The molecule has 30 heavy (non-hydrogen) atoms. The first-order valence-electron chi connectivity index (χ1n) is 9.45. The molecule has 1 amide bonds. The van der Waals surface area contributed by atoms with Crippen molar-refractivity contribution in [3.63, 3.8) is 0 Å². The number of aryl methyl sites for hydroxylation is 2. The van der Waals surface area contributed by atoms with Gasteiger partial charge in [0.1, 0.15) is 11.2 Å². The van der Waals surface area contributed by atoms with E-state index >= 15 is 0 Å². The van der Waals surface area contributed by atoms with E-state index in [4.69, 9.17) is 0 Å². The van der Waals surface area contributed by atoms with Gasteiger partial charge in [-0.1, -0.05) is 37.3 Å². The maximum atomic E-state index is 13.2. The Balaban J connectivity index is 1.75. The number of thiophene rings is 1. The molecular weight excluding hydrogens is 402 g/mol. The van der Waals surface area contributed by atoms with E-state index < -0.39 is 5.91 Å². The third-order valence-corrected chi connectivity index (χ3v) is 5.62. The highest BCUT2D eigenvalue weighted by atomic mass is 32.1. The van der Waals surface area contributed by atoms with Crippen LogP contribution in [0.5, 0.6) is 0 Å². The number of nitrogens with zero attached hydrogens (tertiary/aromatic N) is 4. The van der Waals surface area contributed by atoms with Gasteiger partial charge in [-0.15, -0.1) is 11.3 Å². The molecule has 4 rings (SSSR count). The standard InChI is InChI=1S/C21H19N5O3S/c1-3-11-25-16(27)10-9-15(23-25)19(28)24-26-12-22-20-18(21(26)29)17(13(2)30-20)14-7-5-4-6-8-14/h4-10,12H,3,11H2,1-2H3,(H,24,28). The molecule has 0 aliphatic heterocycles. The number of carbonyl (C=O) groups excluding carboxylic acids is 1. The smallest absolute Gasteiger partial charge is 0.268 e. The third-order valence-electron chi connectivity index (χ3n) is 4.61. The molecule has 3 aromatic heterocycles. The maximum absolute atomic E-state index is 13.2. The lowest BCUT2D eigenvalue weighted by molar-refractivity contribution is 0.0999. The summed E-state index contributed by atoms with van der Waals surface area (Å²) >= 11 is 1.43. The van der Waals surface area contributed by atoms with Gasteiger partial charge in [-0.2, -0.15) is 5.10 Å². The predicted octanol–water partition coefficient (Wildman–Crippen LogP) is 2.78. The highest BCUT2D eigenvalue weighted by molar-refractivity contribution is 7.19. The number of hydrogen-bond donors (Lipinski definition) is 1. The van der Waals surface area contributed by atoms with Crippen LogP contribution in [-0.4, -0.2) is 25.3 Å². The Hall–Kier alpha value is -3.59. The number of rotatable bonds is 5. The fraction of sp³-hybridized carbons (Fsp3) is 0.190. The quantitative estimate of drug-likeness (QED) is 0.534. The molecule has 0 unspecified atom stereocenters. The highest BCUT2D eigenvalue weighted by Gasteiger charge is 2.18. The fourth-order valence-electron chi connectivity index (χ4n) is 3.24. The van der Waals surface area contributed by atoms with Crippen molar-refractivity contribution in [1.29, 1.82) is 0 Å². The molecule has 0 bridgehead atoms. The molecule has 0 fully saturated rings. The van der Waals surface area contributed by atoms with Crippen LogP contribution in [0.3, 0.4) is 0 Å². The van der Waals surface area contributed by atoms with E-state index in [1.807, 2.05) is 44.2 Å². The SMILES string of the molecule is CCCn1nc(C(=O)Nn2cnc3sc(C)c(-c4ccccc4)c3c2=O)ccc1=O. The molecule has 152 valence electrons. The van der Waals surface area contributed by atoms with Crippen LogP contribution in [0.1, 0.15) is 28.7 Å². The zero-order valence-corrected chi connectivity index (χ0v) is 17.3. The lowest BCUT2D eigenvalue weighted by Crippen LogP contribution is -2.35. The van der Waals surface area contributed by atoms with Gasteiger partial charge in [-0.25, -0.2) is 14.3 Å². The van der Waals surface area contributed by atoms with Crippen molar-refractivity contribution in [2.24, 2.45) is 0 Å². The van der Waals surface area contributed by atoms with Gasteiger partial charge in [0.05, 0.1) is 5.39 Å². The first-order valence-corrected chi connectivity index (χ1v) is 10.3. The van der Waals surface area contributed by atoms with Crippen molar-refractivity contribution in [2.45, 2.75) is 26.8 Å². The van der Waals surface area contributed by atoms with Crippen molar-refractivity contribution in [3.8, 4) is 11.1 Å². The summed E-state index contributed by atoms with van der Waals surface area (Å²) < 4.78 is 2.29. The van der Waals surface area contributed by atoms with Crippen LogP contribution in [0.25, 0.3) is 21.3 Å². The third kappa shape index (κ3) is 3.55. The Morgan fingerprint density at radius 2 is 1.90 bits per heavy atom. The van der Waals surface area contributed by atoms with Gasteiger partial charge in [-0.05, 0) is 25.0 Å². The number of carbonyl (C=O) groups is 1. The number of hydrogen-bond acceptors (Lipinski definition) is 6. The number of benzene rings is 1. The van der Waals surface area contributed by atoms with Gasteiger partial charge in [0, 0.05) is 23.1 Å². The van der Waals surface area contributed by atoms with E-state index in [0.717, 1.165) is 20.7 Å². The zero-order valence-electron chi connectivity index (χ0n) is 16.5. The van der Waals surface area contributed by atoms with Gasteiger partial charge in [0.15, 0.2) is 5.69 Å². The molecule has 1 aromatic carbocycles. The second kappa shape index (κ2) is 8.03. The Morgan fingerprint density at radius 3 is 2.63 bits per heavy atom. The number of amides is 1. The summed E-state index contributed by atoms with van der Waals surface area (Å²) in [6, 6.07) is 12.2. The lowest BCUT2D eigenvalue weighted by atomic mass is 10.0. The molecule has 0 saturated heterocycles. The van der Waals surface area contributed by atoms with Crippen LogP contribution in [-0.2, 0) is 6.54 Å². The maximum Gasteiger partial charge on any atom is 0.290 e. The molecule has 1 N–H and O–H groups in total. The summed E-state index contributed by atoms with van der Waals surface area (Å²) in [5, 5.41) is 4.53. The minimum absolute atomic E-state index is 0.0415. The predicted molar refractivity (Wildman–Crippen MR) is 117 cm³/mol. The molecule has 9 heteroatoms. The fourth-order valence-corrected chi connectivity index (χ4v) is 4.25. The van der Waals surface area contributed by atoms with E-state index in [1.165, 1.54) is 34.5 Å². The van der Waals surface area contributed by atoms with Gasteiger partial charge in [0.25, 0.3) is 17.0 Å². The Bertz CT molecular complexity index is 1350. The van der Waals surface area contributed by atoms with Crippen LogP contribution in [0.4, 0.5) is 0 Å². The second-order valence-electron chi connectivity index (χ2n) is 6.72. The van der Waals surface area contributed by atoms with Gasteiger partial charge >= 0.3 is 0 Å². The molecule has 0 radical (unpaired) electrons. The number of nitrogens with one attached hydrogen (secondary N) is 1. The van der Waals surface area contributed by atoms with E-state index in [1.54, 1.807) is 0 Å². The molecule has 4 aromatic rings. The van der Waals surface area contributed by atoms with E-state index in [2.05, 4.69) is 15.5 Å². The van der Waals surface area contributed by atoms with Crippen molar-refractivity contribution in [2.75, 3.05) is 5.43 Å². The first kappa shape index (κ1) is 19.7. The Kier molecular flexibility index (Phi) is 5.28. The van der Waals surface area contributed by atoms with Gasteiger partial charge in [0.2, 0.25) is 0 Å². The van der Waals surface area contributed by atoms with Crippen LogP contribution < -0.4 is 16.5 Å². The molecule has 0 aliphatic carbocycles. The van der Waals surface area contributed by atoms with Crippen LogP contribution in [0, 0.1) is 6.92 Å². The summed E-state index contributed by atoms with van der Waals surface area (Å²) in [7, 11) is 0. The average Bonchev–Trinajstić information content (AvgIpc) is 3.09. The lowest BCUT2D eigenvalue weighted by Gasteiger charge is -2.09. The van der Waals surface area contributed by atoms with Gasteiger partial charge in [-0.3, -0.25) is 19.8 Å². The van der Waals surface area contributed by atoms with Crippen molar-refractivity contribution in [1.82, 2.24) is 19.4 Å². The first-order chi connectivity index (χ1) is 14.5. The van der Waals surface area contributed by atoms with Crippen molar-refractivity contribution >= 4 is 27.5 Å². The monoisotopic (exact) mass is 421 g/mol. The molecule has 3 heterocycles. The Labute approximate surface area is 175 Å². The van der Waals surface area contributed by atoms with Crippen molar-refractivity contribution < 1.29 is 4.79 Å². The average molecular weight is 421 g/mol. The summed E-state index contributed by atoms with van der Waals surface area (Å²) in [5.74, 6) is -0.601. The molecule has 0 spiro atoms. The minimum atomic E-state index is -0.601. The second-order valence-corrected chi connectivity index (χ2v) is 7.92. The molecule has 0 saturated carbocycles. The minimum Gasteiger partial charge on any atom is -0.268 e. The van der Waals surface area contributed by atoms with Crippen molar-refractivity contribution in [3.05, 3.63) is 80.1 Å². The topological polar surface area (TPSA) is 98.9 Å². The van der Waals surface area contributed by atoms with E-state index in [9.17, 15) is 14.4 Å². The van der Waals surface area contributed by atoms with Crippen LogP contribution in [0.15, 0.2) is 58.4 Å². The Morgan fingerprint density at radius 1 is 1.13 bits per heavy atom. The highest BCUT2D eigenvalue weighted by Crippen LogP contribution is 2.35. The van der Waals surface area contributed by atoms with Crippen LogP contribution in [0.2, 0.25) is 0 Å².